The van der Waals surface area contributed by atoms with Crippen LogP contribution in [-0.2, 0) is 0 Å². The monoisotopic (exact) mass is 508 g/mol. The van der Waals surface area contributed by atoms with E-state index < -0.39 is 34.3 Å². The van der Waals surface area contributed by atoms with E-state index in [1.807, 2.05) is 0 Å². The van der Waals surface area contributed by atoms with E-state index in [9.17, 15) is 18.0 Å². The minimum absolute atomic E-state index is 0.0527. The zero-order chi connectivity index (χ0) is 24.1. The van der Waals surface area contributed by atoms with E-state index in [0.717, 1.165) is 0 Å². The summed E-state index contributed by atoms with van der Waals surface area (Å²) < 4.78 is 37.6. The number of rotatable bonds is 7. The molecule has 0 radical (unpaired) electrons. The van der Waals surface area contributed by atoms with Crippen LogP contribution >= 0.6 is 34.8 Å². The molecule has 0 fully saturated rings. The molecule has 3 N–H and O–H groups in total. The third-order valence-corrected chi connectivity index (χ3v) is 4.95. The van der Waals surface area contributed by atoms with Gasteiger partial charge in [-0.05, 0) is 44.2 Å². The molecular weight excluding hydrogens is 492 g/mol. The Morgan fingerprint density at radius 3 is 2.47 bits per heavy atom. The van der Waals surface area contributed by atoms with Gasteiger partial charge >= 0.3 is 6.18 Å². The largest absolute Gasteiger partial charge is 0.433 e. The Morgan fingerprint density at radius 1 is 1.31 bits per heavy atom. The number of carbonyl (C=O) groups excluding carboxylic acids is 1. The summed E-state index contributed by atoms with van der Waals surface area (Å²) in [7, 11) is 0. The lowest BCUT2D eigenvalue weighted by Gasteiger charge is -2.30. The van der Waals surface area contributed by atoms with Crippen molar-refractivity contribution in [1.82, 2.24) is 16.0 Å². The van der Waals surface area contributed by atoms with Crippen molar-refractivity contribution in [2.75, 3.05) is 6.67 Å². The molecule has 2 atom stereocenters. The van der Waals surface area contributed by atoms with Crippen LogP contribution in [-0.4, -0.2) is 46.7 Å². The molecule has 1 aliphatic heterocycles. The number of nitrogens with zero attached hydrogens (tertiary/aromatic N) is 3. The number of benzene rings is 1. The lowest BCUT2D eigenvalue weighted by Crippen LogP contribution is -2.58. The van der Waals surface area contributed by atoms with Crippen molar-refractivity contribution in [3.05, 3.63) is 46.6 Å². The second-order valence-electron chi connectivity index (χ2n) is 6.80. The summed E-state index contributed by atoms with van der Waals surface area (Å²) >= 11 is 18.2. The number of alkyl halides is 5. The van der Waals surface area contributed by atoms with Gasteiger partial charge in [0, 0.05) is 23.0 Å². The highest BCUT2D eigenvalue weighted by Gasteiger charge is 2.38. The molecule has 0 saturated carbocycles. The van der Waals surface area contributed by atoms with Crippen LogP contribution in [0.4, 0.5) is 13.2 Å². The first-order chi connectivity index (χ1) is 14.8. The normalized spacial score (nSPS) is 19.1. The molecule has 1 amide bonds. The molecule has 0 spiro atoms. The quantitative estimate of drug-likeness (QED) is 0.294. The fourth-order valence-corrected chi connectivity index (χ4v) is 3.10. The van der Waals surface area contributed by atoms with E-state index in [4.69, 9.17) is 40.1 Å². The second kappa shape index (κ2) is 10.6. The summed E-state index contributed by atoms with van der Waals surface area (Å²) in [5, 5.41) is 17.7. The zero-order valence-electron chi connectivity index (χ0n) is 16.8. The van der Waals surface area contributed by atoms with Gasteiger partial charge in [-0.1, -0.05) is 34.8 Å². The highest BCUT2D eigenvalue weighted by molar-refractivity contribution is 6.48. The Balaban J connectivity index is 2.09. The van der Waals surface area contributed by atoms with Crippen molar-refractivity contribution in [1.29, 1.82) is 5.26 Å². The molecular formula is C19H18Cl3F3N6O. The minimum atomic E-state index is -4.68. The van der Waals surface area contributed by atoms with Gasteiger partial charge in [-0.2, -0.15) is 23.4 Å². The van der Waals surface area contributed by atoms with Crippen LogP contribution in [0.1, 0.15) is 24.2 Å². The maximum atomic E-state index is 13.0. The average molecular weight is 510 g/mol. The van der Waals surface area contributed by atoms with Crippen molar-refractivity contribution in [2.45, 2.75) is 36.6 Å². The van der Waals surface area contributed by atoms with Gasteiger partial charge in [0.1, 0.15) is 16.2 Å². The van der Waals surface area contributed by atoms with Crippen molar-refractivity contribution in [3.8, 4) is 6.19 Å². The Labute approximate surface area is 197 Å². The first kappa shape index (κ1) is 26.1. The van der Waals surface area contributed by atoms with E-state index in [0.29, 0.717) is 16.7 Å². The first-order valence-corrected chi connectivity index (χ1v) is 10.2. The predicted octanol–water partition coefficient (Wildman–Crippen LogP) is 3.94. The SMILES string of the molecule is CC1=NC(C(F)(F)F)=CC(=NC#N)C1NCNC(NC(=O)c1ccc(Cl)cc1)C(C)(Cl)Cl. The van der Waals surface area contributed by atoms with Crippen LogP contribution in [0.3, 0.4) is 0 Å². The van der Waals surface area contributed by atoms with Gasteiger partial charge in [-0.3, -0.25) is 20.4 Å². The molecule has 32 heavy (non-hydrogen) atoms. The van der Waals surface area contributed by atoms with Crippen LogP contribution < -0.4 is 16.0 Å². The summed E-state index contributed by atoms with van der Waals surface area (Å²) in [5.41, 5.74) is -0.945. The fourth-order valence-electron chi connectivity index (χ4n) is 2.71. The van der Waals surface area contributed by atoms with E-state index in [-0.39, 0.29) is 18.1 Å². The average Bonchev–Trinajstić information content (AvgIpc) is 2.67. The van der Waals surface area contributed by atoms with E-state index in [2.05, 4.69) is 25.9 Å². The van der Waals surface area contributed by atoms with Gasteiger partial charge in [-0.15, -0.1) is 0 Å². The molecule has 1 aromatic carbocycles. The lowest BCUT2D eigenvalue weighted by molar-refractivity contribution is -0.0923. The summed E-state index contributed by atoms with van der Waals surface area (Å²) in [6.45, 7) is 2.75. The molecule has 0 aromatic heterocycles. The minimum Gasteiger partial charge on any atom is -0.334 e. The van der Waals surface area contributed by atoms with E-state index in [1.54, 1.807) is 12.1 Å². The summed E-state index contributed by atoms with van der Waals surface area (Å²) in [5.74, 6) is -0.480. The first-order valence-electron chi connectivity index (χ1n) is 9.04. The second-order valence-corrected chi connectivity index (χ2v) is 9.01. The number of amides is 1. The lowest BCUT2D eigenvalue weighted by atomic mass is 10.0. The van der Waals surface area contributed by atoms with Gasteiger partial charge in [-0.25, -0.2) is 0 Å². The number of halogens is 6. The number of hydrogen-bond donors (Lipinski definition) is 3. The van der Waals surface area contributed by atoms with E-state index >= 15 is 0 Å². The summed E-state index contributed by atoms with van der Waals surface area (Å²) in [4.78, 5) is 19.5. The third kappa shape index (κ3) is 7.18. The van der Waals surface area contributed by atoms with E-state index in [1.165, 1.54) is 32.2 Å². The molecule has 7 nitrogen and oxygen atoms in total. The molecule has 1 aliphatic rings. The van der Waals surface area contributed by atoms with Gasteiger partial charge < -0.3 is 5.32 Å². The molecule has 0 bridgehead atoms. The van der Waals surface area contributed by atoms with Crippen molar-refractivity contribution >= 4 is 52.1 Å². The summed E-state index contributed by atoms with van der Waals surface area (Å²) in [6, 6.07) is 5.25. The van der Waals surface area contributed by atoms with Crippen LogP contribution in [0.2, 0.25) is 5.02 Å². The fraction of sp³-hybridized carbons (Fsp3) is 0.368. The van der Waals surface area contributed by atoms with Crippen molar-refractivity contribution in [3.63, 3.8) is 0 Å². The molecule has 0 aliphatic carbocycles. The molecule has 2 rings (SSSR count). The number of nitriles is 1. The van der Waals surface area contributed by atoms with Crippen LogP contribution in [0.15, 0.2) is 46.0 Å². The topological polar surface area (TPSA) is 102 Å². The number of allylic oxidation sites excluding steroid dienone is 1. The Hall–Kier alpha value is -2.16. The van der Waals surface area contributed by atoms with Gasteiger partial charge in [0.25, 0.3) is 5.91 Å². The standard InChI is InChI=1S/C19H18Cl3F3N6O/c1-10-15(13(27-8-26)7-14(30-10)19(23,24)25)28-9-29-17(18(2,21)22)31-16(32)11-3-5-12(20)6-4-11/h3-7,15,17,28-29H,9H2,1-2H3,(H,31,32). The van der Waals surface area contributed by atoms with Gasteiger partial charge in [0.2, 0.25) is 6.19 Å². The third-order valence-electron chi connectivity index (χ3n) is 4.27. The van der Waals surface area contributed by atoms with Crippen molar-refractivity contribution in [2.24, 2.45) is 9.98 Å². The molecule has 13 heteroatoms. The number of nitrogens with one attached hydrogen (secondary N) is 3. The smallest absolute Gasteiger partial charge is 0.334 e. The Bertz CT molecular complexity index is 978. The summed E-state index contributed by atoms with van der Waals surface area (Å²) in [6.07, 6.45) is -3.46. The maximum absolute atomic E-state index is 13.0. The predicted molar refractivity (Wildman–Crippen MR) is 118 cm³/mol. The highest BCUT2D eigenvalue weighted by Crippen LogP contribution is 2.29. The zero-order valence-corrected chi connectivity index (χ0v) is 19.0. The molecule has 2 unspecified atom stereocenters. The molecule has 0 saturated heterocycles. The Morgan fingerprint density at radius 2 is 1.94 bits per heavy atom. The van der Waals surface area contributed by atoms with Crippen LogP contribution in [0, 0.1) is 11.5 Å². The van der Waals surface area contributed by atoms with Crippen LogP contribution in [0.25, 0.3) is 0 Å². The number of hydrogen-bond acceptors (Lipinski definition) is 6. The molecule has 172 valence electrons. The number of carbonyl (C=O) groups is 1. The maximum Gasteiger partial charge on any atom is 0.433 e. The molecule has 1 aromatic rings. The number of aliphatic imine (C=N–C) groups is 2. The van der Waals surface area contributed by atoms with Crippen molar-refractivity contribution < 1.29 is 18.0 Å². The Kier molecular flexibility index (Phi) is 8.67. The van der Waals surface area contributed by atoms with Crippen LogP contribution in [0.5, 0.6) is 0 Å². The molecule has 1 heterocycles. The van der Waals surface area contributed by atoms with Gasteiger partial charge in [0.15, 0.2) is 0 Å². The van der Waals surface area contributed by atoms with Gasteiger partial charge in [0.05, 0.1) is 11.8 Å². The highest BCUT2D eigenvalue weighted by atomic mass is 35.5.